The fourth-order valence-electron chi connectivity index (χ4n) is 0.926. The van der Waals surface area contributed by atoms with Crippen molar-refractivity contribution in [2.45, 2.75) is 6.92 Å². The van der Waals surface area contributed by atoms with Gasteiger partial charge in [0.25, 0.3) is 0 Å². The first-order valence-electron chi connectivity index (χ1n) is 3.69. The lowest BCUT2D eigenvalue weighted by Gasteiger charge is -1.97. The van der Waals surface area contributed by atoms with Crippen LogP contribution in [0.25, 0.3) is 0 Å². The zero-order valence-electron chi connectivity index (χ0n) is 7.24. The topological polar surface area (TPSA) is 41.8 Å². The van der Waals surface area contributed by atoms with Crippen molar-refractivity contribution >= 4 is 23.3 Å². The highest BCUT2D eigenvalue weighted by atomic mass is 16.1. The molecule has 0 saturated carbocycles. The fraction of sp³-hybridized carbons (Fsp3) is 0.100. The van der Waals surface area contributed by atoms with Crippen LogP contribution >= 0.6 is 0 Å². The maximum Gasteiger partial charge on any atom is 0.240 e. The Bertz CT molecular complexity index is 411. The second-order valence-electron chi connectivity index (χ2n) is 2.44. The highest BCUT2D eigenvalue weighted by molar-refractivity contribution is 5.63. The van der Waals surface area contributed by atoms with Crippen molar-refractivity contribution < 1.29 is 4.79 Å². The molecule has 0 bridgehead atoms. The molecule has 0 fully saturated rings. The summed E-state index contributed by atoms with van der Waals surface area (Å²) in [5, 5.41) is 0. The Balaban J connectivity index is 3.25. The van der Waals surface area contributed by atoms with Gasteiger partial charge in [0.05, 0.1) is 11.4 Å². The van der Waals surface area contributed by atoms with Gasteiger partial charge in [-0.3, -0.25) is 0 Å². The monoisotopic (exact) mass is 172 g/mol. The molecule has 1 aromatic carbocycles. The van der Waals surface area contributed by atoms with Gasteiger partial charge < -0.3 is 0 Å². The van der Waals surface area contributed by atoms with Crippen molar-refractivity contribution in [1.82, 2.24) is 0 Å². The molecule has 0 aliphatic rings. The Hall–Kier alpha value is -1.95. The normalized spacial score (nSPS) is 8.38. The van der Waals surface area contributed by atoms with Crippen LogP contribution in [0.3, 0.4) is 0 Å². The zero-order chi connectivity index (χ0) is 9.68. The van der Waals surface area contributed by atoms with Gasteiger partial charge in [0.2, 0.25) is 6.08 Å². The summed E-state index contributed by atoms with van der Waals surface area (Å²) < 4.78 is 0. The first-order valence-corrected chi connectivity index (χ1v) is 3.69. The van der Waals surface area contributed by atoms with Gasteiger partial charge in [-0.25, -0.2) is 9.79 Å². The summed E-state index contributed by atoms with van der Waals surface area (Å²) in [4.78, 5) is 17.4. The first kappa shape index (κ1) is 9.14. The van der Waals surface area contributed by atoms with E-state index in [4.69, 9.17) is 0 Å². The molecule has 0 atom stereocenters. The minimum Gasteiger partial charge on any atom is -0.211 e. The molecule has 3 nitrogen and oxygen atoms in total. The number of benzene rings is 1. The fourth-order valence-corrected chi connectivity index (χ4v) is 0.926. The molecule has 1 aromatic rings. The summed E-state index contributed by atoms with van der Waals surface area (Å²) in [6.07, 6.45) is 1.47. The largest absolute Gasteiger partial charge is 0.240 e. The molecule has 0 aliphatic heterocycles. The molecule has 0 N–H and O–H groups in total. The molecular formula is C10H8N2O. The van der Waals surface area contributed by atoms with Gasteiger partial charge >= 0.3 is 0 Å². The molecule has 0 radical (unpaired) electrons. The molecule has 3 heteroatoms. The van der Waals surface area contributed by atoms with Crippen LogP contribution in [0, 0.1) is 6.92 Å². The van der Waals surface area contributed by atoms with E-state index < -0.39 is 0 Å². The molecule has 13 heavy (non-hydrogen) atoms. The quantitative estimate of drug-likeness (QED) is 0.499. The van der Waals surface area contributed by atoms with Crippen LogP contribution in [0.1, 0.15) is 5.56 Å². The van der Waals surface area contributed by atoms with E-state index in [9.17, 15) is 4.79 Å². The predicted octanol–water partition coefficient (Wildman–Crippen LogP) is 2.45. The lowest BCUT2D eigenvalue weighted by molar-refractivity contribution is 0.565. The Kier molecular flexibility index (Phi) is 2.93. The number of isocyanates is 1. The van der Waals surface area contributed by atoms with Gasteiger partial charge in [0, 0.05) is 0 Å². The van der Waals surface area contributed by atoms with Gasteiger partial charge in [-0.2, -0.15) is 4.99 Å². The molecule has 0 amide bonds. The Labute approximate surface area is 76.2 Å². The molecule has 0 spiro atoms. The van der Waals surface area contributed by atoms with Crippen LogP contribution in [0.15, 0.2) is 34.8 Å². The summed E-state index contributed by atoms with van der Waals surface area (Å²) in [6.45, 7) is 5.28. The van der Waals surface area contributed by atoms with E-state index in [1.54, 1.807) is 12.1 Å². The predicted molar refractivity (Wildman–Crippen MR) is 51.7 cm³/mol. The number of hydrogen-bond donors (Lipinski definition) is 0. The Morgan fingerprint density at radius 1 is 1.38 bits per heavy atom. The molecule has 0 unspecified atom stereocenters. The minimum atomic E-state index is 0.537. The summed E-state index contributed by atoms with van der Waals surface area (Å²) in [5.74, 6) is 2.43. The molecular weight excluding hydrogens is 164 g/mol. The third kappa shape index (κ3) is 2.24. The van der Waals surface area contributed by atoms with E-state index in [0.717, 1.165) is 5.56 Å². The summed E-state index contributed by atoms with van der Waals surface area (Å²) in [7, 11) is 0. The lowest BCUT2D eigenvalue weighted by atomic mass is 10.2. The second-order valence-corrected chi connectivity index (χ2v) is 2.44. The van der Waals surface area contributed by atoms with Crippen LogP contribution in [0.5, 0.6) is 0 Å². The van der Waals surface area contributed by atoms with E-state index in [0.29, 0.717) is 11.4 Å². The van der Waals surface area contributed by atoms with E-state index in [-0.39, 0.29) is 0 Å². The highest BCUT2D eigenvalue weighted by Crippen LogP contribution is 2.23. The zero-order valence-corrected chi connectivity index (χ0v) is 7.24. The number of nitrogens with zero attached hydrogens (tertiary/aromatic N) is 2. The maximum atomic E-state index is 9.98. The van der Waals surface area contributed by atoms with Gasteiger partial charge in [0.15, 0.2) is 0 Å². The molecule has 64 valence electrons. The number of aliphatic imine (C=N–C) groups is 2. The Morgan fingerprint density at radius 3 is 2.77 bits per heavy atom. The van der Waals surface area contributed by atoms with Crippen molar-refractivity contribution in [3.63, 3.8) is 0 Å². The van der Waals surface area contributed by atoms with Crippen LogP contribution < -0.4 is 0 Å². The van der Waals surface area contributed by atoms with Gasteiger partial charge in [0.1, 0.15) is 0 Å². The van der Waals surface area contributed by atoms with Crippen LogP contribution in [0.2, 0.25) is 0 Å². The summed E-state index contributed by atoms with van der Waals surface area (Å²) >= 11 is 0. The third-order valence-electron chi connectivity index (χ3n) is 1.57. The van der Waals surface area contributed by atoms with E-state index in [1.807, 2.05) is 13.0 Å². The van der Waals surface area contributed by atoms with Crippen molar-refractivity contribution in [1.29, 1.82) is 0 Å². The van der Waals surface area contributed by atoms with Crippen molar-refractivity contribution in [2.75, 3.05) is 0 Å². The van der Waals surface area contributed by atoms with Crippen molar-refractivity contribution in [3.8, 4) is 0 Å². The minimum absolute atomic E-state index is 0.537. The SMILES string of the molecule is C=C=Nc1cc(N=C=O)ccc1C. The average molecular weight is 172 g/mol. The van der Waals surface area contributed by atoms with E-state index in [2.05, 4.69) is 22.4 Å². The first-order chi connectivity index (χ1) is 6.27. The summed E-state index contributed by atoms with van der Waals surface area (Å²) in [6, 6.07) is 5.23. The number of hydrogen-bond acceptors (Lipinski definition) is 3. The van der Waals surface area contributed by atoms with Crippen LogP contribution in [-0.4, -0.2) is 11.9 Å². The number of rotatable bonds is 2. The number of aryl methyl sites for hydroxylation is 1. The number of carbonyl (C=O) groups excluding carboxylic acids is 1. The highest BCUT2D eigenvalue weighted by Gasteiger charge is 1.96. The molecule has 0 aromatic heterocycles. The smallest absolute Gasteiger partial charge is 0.211 e. The average Bonchev–Trinajstić information content (AvgIpc) is 2.12. The maximum absolute atomic E-state index is 9.98. The Morgan fingerprint density at radius 2 is 2.15 bits per heavy atom. The third-order valence-corrected chi connectivity index (χ3v) is 1.57. The molecule has 0 aliphatic carbocycles. The van der Waals surface area contributed by atoms with Gasteiger partial charge in [-0.15, -0.1) is 0 Å². The lowest BCUT2D eigenvalue weighted by Crippen LogP contribution is -1.73. The van der Waals surface area contributed by atoms with E-state index >= 15 is 0 Å². The van der Waals surface area contributed by atoms with Crippen molar-refractivity contribution in [2.24, 2.45) is 9.98 Å². The second kappa shape index (κ2) is 4.17. The molecule has 0 saturated heterocycles. The summed E-state index contributed by atoms with van der Waals surface area (Å²) in [5.41, 5.74) is 2.24. The van der Waals surface area contributed by atoms with Crippen molar-refractivity contribution in [3.05, 3.63) is 30.3 Å². The standard InChI is InChI=1S/C10H8N2O/c1-3-11-10-6-9(12-7-13)5-4-8(10)2/h4-6H,1H2,2H3. The van der Waals surface area contributed by atoms with Gasteiger partial charge in [-0.1, -0.05) is 6.07 Å². The molecule has 1 rings (SSSR count). The van der Waals surface area contributed by atoms with Crippen LogP contribution in [-0.2, 0) is 4.79 Å². The van der Waals surface area contributed by atoms with Gasteiger partial charge in [-0.05, 0) is 37.1 Å². The van der Waals surface area contributed by atoms with Crippen LogP contribution in [0.4, 0.5) is 11.4 Å². The van der Waals surface area contributed by atoms with E-state index in [1.165, 1.54) is 6.08 Å². The molecule has 0 heterocycles.